The molecular formula is C26H20ClNO4. The van der Waals surface area contributed by atoms with Gasteiger partial charge in [0, 0.05) is 10.4 Å². The number of carbonyl (C=O) groups is 1. The molecule has 0 saturated heterocycles. The molecule has 4 aromatic rings. The molecule has 2 aromatic carbocycles. The number of furan rings is 1. The Morgan fingerprint density at radius 2 is 1.88 bits per heavy atom. The second kappa shape index (κ2) is 8.89. The number of ether oxygens (including phenoxy) is 2. The number of rotatable bonds is 6. The fraction of sp³-hybridized carbons (Fsp3) is 0.154. The summed E-state index contributed by atoms with van der Waals surface area (Å²) in [5.74, 6) is 1.08. The highest BCUT2D eigenvalue weighted by Gasteiger charge is 2.27. The molecule has 0 spiro atoms. The summed E-state index contributed by atoms with van der Waals surface area (Å²) >= 11 is 5.89. The van der Waals surface area contributed by atoms with E-state index in [-0.39, 0.29) is 19.2 Å². The molecule has 0 amide bonds. The van der Waals surface area contributed by atoms with Gasteiger partial charge in [0.2, 0.25) is 0 Å². The number of halogens is 1. The Balaban J connectivity index is 1.39. The molecule has 0 atom stereocenters. The predicted molar refractivity (Wildman–Crippen MR) is 124 cm³/mol. The van der Waals surface area contributed by atoms with Gasteiger partial charge in [0.25, 0.3) is 0 Å². The van der Waals surface area contributed by atoms with Crippen molar-refractivity contribution < 1.29 is 18.7 Å². The first-order chi connectivity index (χ1) is 15.7. The van der Waals surface area contributed by atoms with E-state index in [1.54, 1.807) is 30.5 Å². The third-order valence-electron chi connectivity index (χ3n) is 5.40. The van der Waals surface area contributed by atoms with Crippen molar-refractivity contribution in [1.82, 2.24) is 4.98 Å². The van der Waals surface area contributed by atoms with Crippen molar-refractivity contribution in [3.05, 3.63) is 94.5 Å². The molecule has 2 aromatic heterocycles. The first-order valence-corrected chi connectivity index (χ1v) is 10.8. The Labute approximate surface area is 190 Å². The minimum atomic E-state index is -0.362. The number of nitrogens with zero attached hydrogens (tertiary/aromatic N) is 1. The van der Waals surface area contributed by atoms with Crippen LogP contribution in [0.4, 0.5) is 0 Å². The van der Waals surface area contributed by atoms with Crippen LogP contribution in [-0.4, -0.2) is 24.2 Å². The summed E-state index contributed by atoms with van der Waals surface area (Å²) in [6.07, 6.45) is 5.15. The van der Waals surface area contributed by atoms with Crippen LogP contribution >= 0.6 is 11.6 Å². The maximum atomic E-state index is 13.1. The summed E-state index contributed by atoms with van der Waals surface area (Å²) in [4.78, 5) is 18.0. The number of carbonyl (C=O) groups excluding carboxylic acids is 1. The molecule has 5 nitrogen and oxygen atoms in total. The van der Waals surface area contributed by atoms with Crippen LogP contribution in [0.15, 0.2) is 71.3 Å². The van der Waals surface area contributed by atoms with Gasteiger partial charge in [0.05, 0.1) is 23.0 Å². The quantitative estimate of drug-likeness (QED) is 0.261. The fourth-order valence-corrected chi connectivity index (χ4v) is 4.08. The average Bonchev–Trinajstić information content (AvgIpc) is 3.47. The van der Waals surface area contributed by atoms with Crippen molar-refractivity contribution in [2.75, 3.05) is 13.2 Å². The van der Waals surface area contributed by atoms with Gasteiger partial charge in [-0.1, -0.05) is 29.8 Å². The third kappa shape index (κ3) is 4.12. The summed E-state index contributed by atoms with van der Waals surface area (Å²) in [7, 11) is 0. The van der Waals surface area contributed by atoms with Gasteiger partial charge in [-0.25, -0.2) is 9.78 Å². The predicted octanol–water partition coefficient (Wildman–Crippen LogP) is 6.20. The van der Waals surface area contributed by atoms with E-state index in [9.17, 15) is 4.79 Å². The van der Waals surface area contributed by atoms with Crippen LogP contribution in [0.5, 0.6) is 5.75 Å². The van der Waals surface area contributed by atoms with Crippen molar-refractivity contribution in [1.29, 1.82) is 0 Å². The lowest BCUT2D eigenvalue weighted by Crippen LogP contribution is -2.15. The molecular weight excluding hydrogens is 426 g/mol. The Bertz CT molecular complexity index is 1290. The number of esters is 1. The molecule has 5 rings (SSSR count). The molecule has 0 N–H and O–H groups in total. The molecule has 0 saturated carbocycles. The molecule has 0 aliphatic heterocycles. The van der Waals surface area contributed by atoms with E-state index in [0.29, 0.717) is 16.3 Å². The zero-order valence-corrected chi connectivity index (χ0v) is 18.0. The van der Waals surface area contributed by atoms with Gasteiger partial charge in [-0.2, -0.15) is 0 Å². The second-order valence-electron chi connectivity index (χ2n) is 7.45. The fourth-order valence-electron chi connectivity index (χ4n) is 3.95. The van der Waals surface area contributed by atoms with Crippen LogP contribution in [0.3, 0.4) is 0 Å². The smallest absolute Gasteiger partial charge is 0.339 e. The van der Waals surface area contributed by atoms with Crippen molar-refractivity contribution >= 4 is 40.1 Å². The van der Waals surface area contributed by atoms with Gasteiger partial charge in [-0.3, -0.25) is 0 Å². The first kappa shape index (κ1) is 20.3. The summed E-state index contributed by atoms with van der Waals surface area (Å²) in [6, 6.07) is 18.5. The lowest BCUT2D eigenvalue weighted by atomic mass is 10.0. The Morgan fingerprint density at radius 3 is 2.69 bits per heavy atom. The molecule has 0 unspecified atom stereocenters. The number of allylic oxidation sites excluding steroid dienone is 1. The number of hydrogen-bond donors (Lipinski definition) is 0. The molecule has 1 aliphatic rings. The normalized spacial score (nSPS) is 14.0. The van der Waals surface area contributed by atoms with E-state index in [4.69, 9.17) is 30.5 Å². The third-order valence-corrected chi connectivity index (χ3v) is 5.66. The number of aromatic nitrogens is 1. The number of para-hydroxylation sites is 1. The highest BCUT2D eigenvalue weighted by Crippen LogP contribution is 2.37. The summed E-state index contributed by atoms with van der Waals surface area (Å²) < 4.78 is 16.7. The highest BCUT2D eigenvalue weighted by molar-refractivity contribution is 6.30. The van der Waals surface area contributed by atoms with Gasteiger partial charge in [0.15, 0.2) is 0 Å². The lowest BCUT2D eigenvalue weighted by molar-refractivity contribution is 0.0451. The molecule has 0 fully saturated rings. The van der Waals surface area contributed by atoms with E-state index < -0.39 is 0 Å². The molecule has 32 heavy (non-hydrogen) atoms. The van der Waals surface area contributed by atoms with Crippen LogP contribution in [0.1, 0.15) is 33.8 Å². The van der Waals surface area contributed by atoms with Crippen LogP contribution in [0, 0.1) is 0 Å². The van der Waals surface area contributed by atoms with E-state index >= 15 is 0 Å². The zero-order valence-electron chi connectivity index (χ0n) is 17.2. The number of benzene rings is 2. The average molecular weight is 446 g/mol. The molecule has 0 bridgehead atoms. The lowest BCUT2D eigenvalue weighted by Gasteiger charge is -2.13. The maximum Gasteiger partial charge on any atom is 0.339 e. The van der Waals surface area contributed by atoms with E-state index in [1.807, 2.05) is 42.5 Å². The van der Waals surface area contributed by atoms with E-state index in [1.165, 1.54) is 0 Å². The van der Waals surface area contributed by atoms with Crippen molar-refractivity contribution in [3.63, 3.8) is 0 Å². The zero-order chi connectivity index (χ0) is 21.9. The minimum absolute atomic E-state index is 0.141. The Morgan fingerprint density at radius 1 is 1.03 bits per heavy atom. The van der Waals surface area contributed by atoms with Gasteiger partial charge in [-0.15, -0.1) is 0 Å². The van der Waals surface area contributed by atoms with Gasteiger partial charge >= 0.3 is 5.97 Å². The van der Waals surface area contributed by atoms with Gasteiger partial charge in [0.1, 0.15) is 24.7 Å². The van der Waals surface area contributed by atoms with Crippen molar-refractivity contribution in [2.45, 2.75) is 12.8 Å². The molecule has 0 radical (unpaired) electrons. The number of fused-ring (bicyclic) bond motifs is 2. The number of pyridine rings is 1. The summed E-state index contributed by atoms with van der Waals surface area (Å²) in [6.45, 7) is 0.393. The Kier molecular flexibility index (Phi) is 5.65. The summed E-state index contributed by atoms with van der Waals surface area (Å²) in [5, 5.41) is 1.44. The maximum absolute atomic E-state index is 13.1. The minimum Gasteiger partial charge on any atom is -0.490 e. The standard InChI is InChI=1S/C26H20ClNO4/c27-18-8-10-19(11-9-18)31-14-15-32-26(29)24-21-5-1-2-6-23(21)28-25-17(7-12-22(24)25)16-20-4-3-13-30-20/h1-6,8-11,13,16H,7,12,14-15H2. The van der Waals surface area contributed by atoms with Gasteiger partial charge in [-0.05, 0) is 72.5 Å². The topological polar surface area (TPSA) is 61.6 Å². The van der Waals surface area contributed by atoms with Crippen LogP contribution in [-0.2, 0) is 11.2 Å². The summed E-state index contributed by atoms with van der Waals surface area (Å²) in [5.41, 5.74) is 4.17. The van der Waals surface area contributed by atoms with Gasteiger partial charge < -0.3 is 13.9 Å². The van der Waals surface area contributed by atoms with Crippen LogP contribution in [0.25, 0.3) is 22.6 Å². The molecule has 2 heterocycles. The second-order valence-corrected chi connectivity index (χ2v) is 7.89. The highest BCUT2D eigenvalue weighted by atomic mass is 35.5. The molecule has 160 valence electrons. The van der Waals surface area contributed by atoms with Crippen LogP contribution in [0.2, 0.25) is 5.02 Å². The van der Waals surface area contributed by atoms with E-state index in [2.05, 4.69) is 0 Å². The monoisotopic (exact) mass is 445 g/mol. The largest absolute Gasteiger partial charge is 0.490 e. The van der Waals surface area contributed by atoms with Crippen molar-refractivity contribution in [3.8, 4) is 5.75 Å². The Hall–Kier alpha value is -3.57. The number of hydrogen-bond acceptors (Lipinski definition) is 5. The first-order valence-electron chi connectivity index (χ1n) is 10.4. The van der Waals surface area contributed by atoms with Crippen LogP contribution < -0.4 is 4.74 Å². The van der Waals surface area contributed by atoms with E-state index in [0.717, 1.165) is 46.3 Å². The molecule has 6 heteroatoms. The molecule has 1 aliphatic carbocycles. The van der Waals surface area contributed by atoms with Crippen molar-refractivity contribution in [2.24, 2.45) is 0 Å². The SMILES string of the molecule is O=C(OCCOc1ccc(Cl)cc1)c1c2c(nc3ccccc13)C(=Cc1ccco1)CC2.